The van der Waals surface area contributed by atoms with Crippen molar-refractivity contribution in [2.45, 2.75) is 49.7 Å². The Labute approximate surface area is 143 Å². The number of hydrogen-bond donors (Lipinski definition) is 2. The Kier molecular flexibility index (Phi) is 5.89. The summed E-state index contributed by atoms with van der Waals surface area (Å²) >= 11 is 0. The fourth-order valence-corrected chi connectivity index (χ4v) is 2.50. The molecule has 0 heterocycles. The van der Waals surface area contributed by atoms with E-state index in [1.165, 1.54) is 6.92 Å². The molecule has 0 spiro atoms. The molecule has 2 amide bonds. The molecule has 25 heavy (non-hydrogen) atoms. The lowest BCUT2D eigenvalue weighted by Crippen LogP contribution is -2.50. The van der Waals surface area contributed by atoms with Gasteiger partial charge in [0.15, 0.2) is 0 Å². The number of carbonyl (C=O) groups excluding carboxylic acids is 2. The molecule has 0 fully saturated rings. The van der Waals surface area contributed by atoms with Crippen LogP contribution in [0.1, 0.15) is 38.1 Å². The van der Waals surface area contributed by atoms with Crippen LogP contribution in [0.15, 0.2) is 29.2 Å². The van der Waals surface area contributed by atoms with E-state index in [4.69, 9.17) is 0 Å². The molecule has 0 aromatic heterocycles. The molecule has 0 aliphatic carbocycles. The Morgan fingerprint density at radius 2 is 1.52 bits per heavy atom. The van der Waals surface area contributed by atoms with Crippen LogP contribution in [0, 0.1) is 0 Å². The summed E-state index contributed by atoms with van der Waals surface area (Å²) in [6, 6.07) is 2.39. The van der Waals surface area contributed by atoms with Crippen molar-refractivity contribution in [3.63, 3.8) is 0 Å². The standard InChI is InChI=1S/C15H19F3N2O4S/c1-9(12(21)20-14(2,3)4)19-13(22)10-5-7-11(8-6-10)25(23,24)15(16,17)18/h5-9H,1-4H3,(H,19,22)(H,20,21). The summed E-state index contributed by atoms with van der Waals surface area (Å²) in [6.45, 7) is 6.74. The predicted octanol–water partition coefficient (Wildman–Crippen LogP) is 2.01. The molecule has 6 nitrogen and oxygen atoms in total. The van der Waals surface area contributed by atoms with Gasteiger partial charge in [-0.05, 0) is 52.0 Å². The van der Waals surface area contributed by atoms with Gasteiger partial charge in [0, 0.05) is 11.1 Å². The van der Waals surface area contributed by atoms with Crippen molar-refractivity contribution in [2.24, 2.45) is 0 Å². The number of benzene rings is 1. The minimum absolute atomic E-state index is 0.0727. The van der Waals surface area contributed by atoms with Crippen LogP contribution in [0.2, 0.25) is 0 Å². The highest BCUT2D eigenvalue weighted by Gasteiger charge is 2.46. The summed E-state index contributed by atoms with van der Waals surface area (Å²) in [7, 11) is -5.47. The molecule has 10 heteroatoms. The van der Waals surface area contributed by atoms with Crippen molar-refractivity contribution in [1.82, 2.24) is 10.6 Å². The van der Waals surface area contributed by atoms with E-state index in [9.17, 15) is 31.2 Å². The van der Waals surface area contributed by atoms with Gasteiger partial charge in [-0.15, -0.1) is 0 Å². The van der Waals surface area contributed by atoms with Crippen molar-refractivity contribution < 1.29 is 31.2 Å². The van der Waals surface area contributed by atoms with E-state index >= 15 is 0 Å². The highest BCUT2D eigenvalue weighted by atomic mass is 32.2. The maximum atomic E-state index is 12.5. The number of amides is 2. The fraction of sp³-hybridized carbons (Fsp3) is 0.467. The average molecular weight is 380 g/mol. The lowest BCUT2D eigenvalue weighted by atomic mass is 10.1. The minimum atomic E-state index is -5.47. The second-order valence-electron chi connectivity index (χ2n) is 6.41. The molecule has 0 aliphatic heterocycles. The van der Waals surface area contributed by atoms with E-state index in [1.54, 1.807) is 20.8 Å². The summed E-state index contributed by atoms with van der Waals surface area (Å²) in [5.74, 6) is -1.15. The zero-order chi connectivity index (χ0) is 19.6. The van der Waals surface area contributed by atoms with E-state index in [0.29, 0.717) is 12.1 Å². The molecule has 140 valence electrons. The first-order chi connectivity index (χ1) is 11.1. The van der Waals surface area contributed by atoms with Crippen LogP contribution in [-0.4, -0.2) is 37.3 Å². The average Bonchev–Trinajstić information content (AvgIpc) is 2.44. The molecule has 1 aromatic rings. The smallest absolute Gasteiger partial charge is 0.350 e. The molecule has 0 bridgehead atoms. The summed E-state index contributed by atoms with van der Waals surface area (Å²) in [4.78, 5) is 22.9. The van der Waals surface area contributed by atoms with Crippen LogP contribution in [-0.2, 0) is 14.6 Å². The summed E-state index contributed by atoms with van der Waals surface area (Å²) in [6.07, 6.45) is 0. The van der Waals surface area contributed by atoms with Gasteiger partial charge in [-0.2, -0.15) is 13.2 Å². The molecule has 1 aromatic carbocycles. The molecule has 0 aliphatic rings. The summed E-state index contributed by atoms with van der Waals surface area (Å²) in [5.41, 5.74) is -5.99. The van der Waals surface area contributed by atoms with E-state index in [1.807, 2.05) is 0 Å². The van der Waals surface area contributed by atoms with Gasteiger partial charge in [-0.1, -0.05) is 0 Å². The quantitative estimate of drug-likeness (QED) is 0.836. The van der Waals surface area contributed by atoms with Crippen LogP contribution in [0.25, 0.3) is 0 Å². The van der Waals surface area contributed by atoms with Crippen molar-refractivity contribution in [1.29, 1.82) is 0 Å². The van der Waals surface area contributed by atoms with Crippen LogP contribution in [0.5, 0.6) is 0 Å². The number of hydrogen-bond acceptors (Lipinski definition) is 4. The van der Waals surface area contributed by atoms with E-state index < -0.39 is 43.6 Å². The van der Waals surface area contributed by atoms with Crippen LogP contribution < -0.4 is 10.6 Å². The molecule has 1 rings (SSSR count). The maximum absolute atomic E-state index is 12.5. The molecule has 0 saturated heterocycles. The zero-order valence-corrected chi connectivity index (χ0v) is 14.9. The zero-order valence-electron chi connectivity index (χ0n) is 14.1. The third-order valence-electron chi connectivity index (χ3n) is 2.97. The number of halogens is 3. The van der Waals surface area contributed by atoms with Crippen LogP contribution in [0.3, 0.4) is 0 Å². The molecule has 0 radical (unpaired) electrons. The SMILES string of the molecule is CC(NC(=O)c1ccc(S(=O)(=O)C(F)(F)F)cc1)C(=O)NC(C)(C)C. The third-order valence-corrected chi connectivity index (χ3v) is 4.47. The first-order valence-corrected chi connectivity index (χ1v) is 8.68. The van der Waals surface area contributed by atoms with Crippen molar-refractivity contribution in [3.8, 4) is 0 Å². The van der Waals surface area contributed by atoms with Gasteiger partial charge < -0.3 is 10.6 Å². The Morgan fingerprint density at radius 1 is 1.04 bits per heavy atom. The number of alkyl halides is 3. The lowest BCUT2D eigenvalue weighted by Gasteiger charge is -2.23. The second kappa shape index (κ2) is 7.03. The predicted molar refractivity (Wildman–Crippen MR) is 84.5 cm³/mol. The number of carbonyl (C=O) groups is 2. The monoisotopic (exact) mass is 380 g/mol. The fourth-order valence-electron chi connectivity index (χ4n) is 1.74. The van der Waals surface area contributed by atoms with Gasteiger partial charge in [0.05, 0.1) is 4.90 Å². The molecule has 1 atom stereocenters. The Hall–Kier alpha value is -2.10. The molecular formula is C15H19F3N2O4S. The van der Waals surface area contributed by atoms with Gasteiger partial charge in [-0.3, -0.25) is 9.59 Å². The van der Waals surface area contributed by atoms with Gasteiger partial charge >= 0.3 is 5.51 Å². The van der Waals surface area contributed by atoms with Gasteiger partial charge in [0.1, 0.15) is 6.04 Å². The number of nitrogens with one attached hydrogen (secondary N) is 2. The minimum Gasteiger partial charge on any atom is -0.350 e. The normalized spacial score (nSPS) is 13.9. The Bertz CT molecular complexity index is 750. The van der Waals surface area contributed by atoms with Crippen molar-refractivity contribution in [3.05, 3.63) is 29.8 Å². The number of rotatable bonds is 4. The highest BCUT2D eigenvalue weighted by molar-refractivity contribution is 7.92. The Balaban J connectivity index is 2.87. The van der Waals surface area contributed by atoms with E-state index in [-0.39, 0.29) is 5.56 Å². The van der Waals surface area contributed by atoms with E-state index in [0.717, 1.165) is 12.1 Å². The Morgan fingerprint density at radius 3 is 1.92 bits per heavy atom. The summed E-state index contributed by atoms with van der Waals surface area (Å²) in [5, 5.41) is 5.05. The first-order valence-electron chi connectivity index (χ1n) is 7.19. The second-order valence-corrected chi connectivity index (χ2v) is 8.35. The van der Waals surface area contributed by atoms with Crippen molar-refractivity contribution in [2.75, 3.05) is 0 Å². The molecular weight excluding hydrogens is 361 g/mol. The number of sulfone groups is 1. The highest BCUT2D eigenvalue weighted by Crippen LogP contribution is 2.30. The first kappa shape index (κ1) is 20.9. The van der Waals surface area contributed by atoms with Gasteiger partial charge in [-0.25, -0.2) is 8.42 Å². The van der Waals surface area contributed by atoms with Gasteiger partial charge in [0.25, 0.3) is 15.7 Å². The van der Waals surface area contributed by atoms with Crippen molar-refractivity contribution >= 4 is 21.7 Å². The van der Waals surface area contributed by atoms with Gasteiger partial charge in [0.2, 0.25) is 5.91 Å². The molecule has 1 unspecified atom stereocenters. The lowest BCUT2D eigenvalue weighted by molar-refractivity contribution is -0.124. The summed E-state index contributed by atoms with van der Waals surface area (Å²) < 4.78 is 59.9. The van der Waals surface area contributed by atoms with Crippen LogP contribution in [0.4, 0.5) is 13.2 Å². The molecule has 2 N–H and O–H groups in total. The maximum Gasteiger partial charge on any atom is 0.501 e. The topological polar surface area (TPSA) is 92.3 Å². The third kappa shape index (κ3) is 5.45. The molecule has 0 saturated carbocycles. The largest absolute Gasteiger partial charge is 0.501 e. The van der Waals surface area contributed by atoms with E-state index in [2.05, 4.69) is 10.6 Å². The van der Waals surface area contributed by atoms with Crippen LogP contribution >= 0.6 is 0 Å².